The molecule has 17 rings (SSSR count). The first kappa shape index (κ1) is 82.3. The van der Waals surface area contributed by atoms with Gasteiger partial charge in [0.05, 0.1) is 99.8 Å². The number of aromatic amines is 1. The first-order valence-electron chi connectivity index (χ1n) is 37.4. The summed E-state index contributed by atoms with van der Waals surface area (Å²) in [5.41, 5.74) is 16.8. The van der Waals surface area contributed by atoms with Crippen molar-refractivity contribution in [1.29, 1.82) is 0 Å². The molecule has 8 N–H and O–H groups in total. The molecule has 1 unspecified atom stereocenters. The molecule has 15 aromatic rings. The Balaban J connectivity index is 0.000000131. The van der Waals surface area contributed by atoms with E-state index in [1.54, 1.807) is 60.1 Å². The van der Waals surface area contributed by atoms with Gasteiger partial charge in [0.2, 0.25) is 0 Å². The standard InChI is InChI=1S/C26H22ClN5O2.C19H19ClN2O2.C18H15Cl2N5.C18H14ClN5O.C6H13NO/c1-16(31-25-24-21(29-15-30-25)7-4-12-28-24)22-13-18-5-3-6-20(27)23(18)26(33)32(22)14-17-8-10-19(34-2)11-9-17;1-12(21)17-10-14-4-3-5-16(20)18(14)19(23)22(17)11-13-6-8-15(24-2)9-7-13;1-10(24-18-16-13(22-9-23-18)6-3-7-21-16)14-8-11-4-2-5-12(19)15(11)17(20)25-14;1-10(23-17-16-13(21-9-22-17)6-3-7-20-16)14-8-11-4-2-5-12(19)15(11)18(25)24-14;8-6-5-7-3-1-2-4-7/h3-13,15-16H,14H2,1-2H3,(H,29,30,31);3-10,12H,11,21H2,1-2H3;2-10,17,25H,1H3,(H,22,23,24);2-10H,1H3,(H,24,25)(H,21,22,23);8H,1-6H2/t16-;12-;10-,17?;10-;/m0000./s1. The lowest BCUT2D eigenvalue weighted by Gasteiger charge is -2.28. The number of anilines is 3. The van der Waals surface area contributed by atoms with Crippen LogP contribution in [0.25, 0.3) is 71.5 Å². The Morgan fingerprint density at radius 2 is 0.940 bits per heavy atom. The predicted molar refractivity (Wildman–Crippen MR) is 466 cm³/mol. The number of likely N-dealkylation sites (tertiary alicyclic amines) is 1. The largest absolute Gasteiger partial charge is 0.497 e. The number of ether oxygens (including phenoxy) is 2. The van der Waals surface area contributed by atoms with Crippen molar-refractivity contribution in [2.75, 3.05) is 56.4 Å². The van der Waals surface area contributed by atoms with Crippen LogP contribution in [-0.4, -0.2) is 115 Å². The number of nitrogens with zero attached hydrogens (tertiary/aromatic N) is 12. The fourth-order valence-electron chi connectivity index (χ4n) is 13.8. The number of nitrogens with two attached hydrogens (primary N) is 1. The van der Waals surface area contributed by atoms with Crippen LogP contribution in [-0.2, 0) is 13.1 Å². The van der Waals surface area contributed by atoms with Crippen molar-refractivity contribution in [3.8, 4) is 11.5 Å². The topological polar surface area (TPSA) is 309 Å². The zero-order chi connectivity index (χ0) is 81.5. The zero-order valence-corrected chi connectivity index (χ0v) is 67.9. The maximum Gasteiger partial charge on any atom is 0.260 e. The summed E-state index contributed by atoms with van der Waals surface area (Å²) in [6, 6.07) is 53.7. The molecule has 9 aromatic heterocycles. The molecular weight excluding hydrogens is 1570 g/mol. The molecule has 0 bridgehead atoms. The van der Waals surface area contributed by atoms with Crippen molar-refractivity contribution >= 4 is 147 Å². The van der Waals surface area contributed by atoms with Crippen molar-refractivity contribution in [2.24, 2.45) is 5.73 Å². The number of benzene rings is 6. The number of methoxy groups -OCH3 is 2. The molecule has 2 aliphatic rings. The van der Waals surface area contributed by atoms with Gasteiger partial charge >= 0.3 is 0 Å². The summed E-state index contributed by atoms with van der Waals surface area (Å²) in [4.78, 5) is 83.1. The first-order valence-corrected chi connectivity index (χ1v) is 39.4. The number of nitrogens with one attached hydrogen (secondary N) is 5. The first-order chi connectivity index (χ1) is 56.2. The van der Waals surface area contributed by atoms with Crippen molar-refractivity contribution in [3.63, 3.8) is 0 Å². The quantitative estimate of drug-likeness (QED) is 0.0310. The summed E-state index contributed by atoms with van der Waals surface area (Å²) in [6.07, 6.45) is 14.3. The molecule has 0 radical (unpaired) electrons. The number of halogens is 5. The summed E-state index contributed by atoms with van der Waals surface area (Å²) in [5, 5.41) is 27.8. The number of H-pyrrole nitrogens is 1. The lowest BCUT2D eigenvalue weighted by atomic mass is 10.0. The van der Waals surface area contributed by atoms with Crippen molar-refractivity contribution in [3.05, 3.63) is 310 Å². The van der Waals surface area contributed by atoms with E-state index in [1.807, 2.05) is 185 Å². The lowest BCUT2D eigenvalue weighted by molar-refractivity contribution is 0.221. The van der Waals surface area contributed by atoms with Crippen molar-refractivity contribution in [2.45, 2.75) is 83.3 Å². The Hall–Kier alpha value is -11.7. The van der Waals surface area contributed by atoms with E-state index < -0.39 is 0 Å². The Morgan fingerprint density at radius 1 is 0.509 bits per heavy atom. The highest BCUT2D eigenvalue weighted by molar-refractivity contribution is 6.36. The molecule has 29 heteroatoms. The maximum absolute atomic E-state index is 13.7. The van der Waals surface area contributed by atoms with Gasteiger partial charge in [0.25, 0.3) is 16.7 Å². The molecule has 11 heterocycles. The molecule has 2 aliphatic heterocycles. The van der Waals surface area contributed by atoms with Crippen LogP contribution < -0.4 is 53.2 Å². The van der Waals surface area contributed by atoms with Crippen LogP contribution in [0, 0.1) is 0 Å². The molecule has 0 saturated carbocycles. The predicted octanol–water partition coefficient (Wildman–Crippen LogP) is 17.1. The van der Waals surface area contributed by atoms with Gasteiger partial charge in [-0.05, 0) is 196 Å². The van der Waals surface area contributed by atoms with E-state index in [-0.39, 0.29) is 46.3 Å². The second kappa shape index (κ2) is 38.2. The zero-order valence-electron chi connectivity index (χ0n) is 64.2. The molecule has 1 saturated heterocycles. The van der Waals surface area contributed by atoms with E-state index in [2.05, 4.69) is 82.1 Å². The summed E-state index contributed by atoms with van der Waals surface area (Å²) < 4.78 is 13.9. The number of β-amino-alcohol motifs (C(OH)–C–C–N with tert-alkyl or cyclic N) is 1. The van der Waals surface area contributed by atoms with Gasteiger partial charge in [-0.15, -0.1) is 0 Å². The number of rotatable bonds is 18. The van der Waals surface area contributed by atoms with Gasteiger partial charge in [0.1, 0.15) is 52.5 Å². The van der Waals surface area contributed by atoms with Gasteiger partial charge < -0.3 is 60.6 Å². The summed E-state index contributed by atoms with van der Waals surface area (Å²) in [7, 11) is 3.25. The number of aromatic nitrogens is 12. The summed E-state index contributed by atoms with van der Waals surface area (Å²) in [5.74, 6) is 3.44. The number of pyridine rings is 6. The number of hydrogen-bond acceptors (Lipinski definition) is 21. The average molecular weight is 1650 g/mol. The van der Waals surface area contributed by atoms with E-state index in [1.165, 1.54) is 44.9 Å². The molecule has 0 spiro atoms. The normalized spacial score (nSPS) is 14.0. The van der Waals surface area contributed by atoms with Crippen LogP contribution in [0.2, 0.25) is 20.1 Å². The molecule has 0 aliphatic carbocycles. The fourth-order valence-corrected chi connectivity index (χ4v) is 15.3. The Morgan fingerprint density at radius 3 is 1.41 bits per heavy atom. The van der Waals surface area contributed by atoms with Crippen molar-refractivity contribution < 1.29 is 14.6 Å². The van der Waals surface area contributed by atoms with E-state index in [0.29, 0.717) is 84.4 Å². The number of aliphatic hydroxyl groups excluding tert-OH is 1. The molecule has 5 atom stereocenters. The van der Waals surface area contributed by atoms with Crippen LogP contribution in [0.3, 0.4) is 0 Å². The number of fused-ring (bicyclic) bond motifs is 7. The van der Waals surface area contributed by atoms with Gasteiger partial charge in [-0.2, -0.15) is 0 Å². The van der Waals surface area contributed by atoms with Crippen LogP contribution in [0.4, 0.5) is 17.5 Å². The maximum atomic E-state index is 13.7. The molecule has 1 fully saturated rings. The third kappa shape index (κ3) is 19.3. The van der Waals surface area contributed by atoms with Gasteiger partial charge in [0.15, 0.2) is 17.5 Å². The summed E-state index contributed by atoms with van der Waals surface area (Å²) in [6.45, 7) is 12.2. The second-order valence-corrected chi connectivity index (χ2v) is 29.6. The van der Waals surface area contributed by atoms with Gasteiger partial charge in [-0.3, -0.25) is 29.3 Å². The third-order valence-corrected chi connectivity index (χ3v) is 21.3. The molecule has 0 amide bonds. The molecule has 6 aromatic carbocycles. The van der Waals surface area contributed by atoms with Crippen LogP contribution in [0.1, 0.15) is 103 Å². The minimum atomic E-state index is -0.381. The minimum absolute atomic E-state index is 0.0477. The van der Waals surface area contributed by atoms with E-state index in [9.17, 15) is 14.4 Å². The molecular formula is C87H83Cl5N18O6. The number of aliphatic hydroxyl groups is 1. The Bertz CT molecular complexity index is 6220. The fraction of sp³-hybridized carbons (Fsp3) is 0.218. The Labute approximate surface area is 692 Å². The Kier molecular flexibility index (Phi) is 27.1. The summed E-state index contributed by atoms with van der Waals surface area (Å²) >= 11 is 31.6. The number of alkyl halides is 1. The van der Waals surface area contributed by atoms with E-state index in [0.717, 1.165) is 101 Å². The van der Waals surface area contributed by atoms with Gasteiger partial charge in [-0.1, -0.05) is 131 Å². The van der Waals surface area contributed by atoms with Gasteiger partial charge in [-0.25, -0.2) is 29.9 Å². The monoisotopic (exact) mass is 1650 g/mol. The SMILES string of the molecule is COc1ccc(Cn2c([C@H](C)N)cc3cccc(Cl)c3c2=O)cc1.COc1ccc(Cn2c([C@H](C)Nc3ncnc4cccnc34)cc3cccc(Cl)c3c2=O)cc1.C[C@H](Nc1ncnc2cccnc12)C1=Cc2cccc(Cl)c2C(Cl)N1.C[C@H](Nc1ncnc2cccnc12)c1cc2cccc(Cl)c2c(=O)[nH]1.OCCN1CCCC1. The smallest absolute Gasteiger partial charge is 0.260 e. The highest BCUT2D eigenvalue weighted by atomic mass is 35.5. The molecule has 116 heavy (non-hydrogen) atoms. The average Bonchev–Trinajstić information content (AvgIpc) is 0.804. The number of hydrogen-bond donors (Lipinski definition) is 7. The second-order valence-electron chi connectivity index (χ2n) is 27.6. The van der Waals surface area contributed by atoms with Gasteiger partial charge in [0, 0.05) is 64.5 Å². The van der Waals surface area contributed by atoms with E-state index >= 15 is 0 Å². The molecule has 592 valence electrons. The highest BCUT2D eigenvalue weighted by Gasteiger charge is 2.26. The van der Waals surface area contributed by atoms with Crippen LogP contribution in [0.5, 0.6) is 11.5 Å². The van der Waals surface area contributed by atoms with E-state index in [4.69, 9.17) is 78.3 Å². The third-order valence-electron chi connectivity index (χ3n) is 19.7. The van der Waals surface area contributed by atoms with Crippen LogP contribution in [0.15, 0.2) is 234 Å². The highest BCUT2D eigenvalue weighted by Crippen LogP contribution is 2.37. The van der Waals surface area contributed by atoms with Crippen LogP contribution >= 0.6 is 58.0 Å². The van der Waals surface area contributed by atoms with Crippen molar-refractivity contribution in [1.82, 2.24) is 69.2 Å². The molecule has 24 nitrogen and oxygen atoms in total. The lowest BCUT2D eigenvalue weighted by Crippen LogP contribution is -2.32. The minimum Gasteiger partial charge on any atom is -0.497 e.